The summed E-state index contributed by atoms with van der Waals surface area (Å²) in [6.07, 6.45) is 4.38. The number of rotatable bonds is 9. The third kappa shape index (κ3) is 5.87. The summed E-state index contributed by atoms with van der Waals surface area (Å²) >= 11 is 0. The summed E-state index contributed by atoms with van der Waals surface area (Å²) in [5.41, 5.74) is 0. The standard InChI is InChI=1S/C14H26N4O/c1-4-5-6-9-18(3)14-11-13(15-8-7-10-19)16-12(2)17-14/h11,19H,4-10H2,1-3H3,(H,15,16,17). The van der Waals surface area contributed by atoms with E-state index in [4.69, 9.17) is 5.11 Å². The van der Waals surface area contributed by atoms with E-state index < -0.39 is 0 Å². The molecule has 0 aliphatic heterocycles. The molecule has 0 bridgehead atoms. The van der Waals surface area contributed by atoms with Crippen molar-refractivity contribution >= 4 is 11.6 Å². The second-order valence-corrected chi connectivity index (χ2v) is 4.79. The predicted molar refractivity (Wildman–Crippen MR) is 79.8 cm³/mol. The molecular weight excluding hydrogens is 240 g/mol. The van der Waals surface area contributed by atoms with Crippen LogP contribution in [-0.2, 0) is 0 Å². The van der Waals surface area contributed by atoms with Crippen LogP contribution in [0.15, 0.2) is 6.07 Å². The molecule has 0 aliphatic rings. The van der Waals surface area contributed by atoms with Crippen LogP contribution in [0, 0.1) is 6.92 Å². The average Bonchev–Trinajstić information content (AvgIpc) is 2.38. The fourth-order valence-corrected chi connectivity index (χ4v) is 1.85. The summed E-state index contributed by atoms with van der Waals surface area (Å²) in [6.45, 7) is 6.05. The van der Waals surface area contributed by atoms with Crippen LogP contribution in [0.1, 0.15) is 38.4 Å². The van der Waals surface area contributed by atoms with Gasteiger partial charge in [-0.1, -0.05) is 19.8 Å². The first-order valence-corrected chi connectivity index (χ1v) is 7.09. The summed E-state index contributed by atoms with van der Waals surface area (Å²) in [6, 6.07) is 1.97. The molecule has 108 valence electrons. The quantitative estimate of drug-likeness (QED) is 0.671. The maximum Gasteiger partial charge on any atom is 0.134 e. The van der Waals surface area contributed by atoms with Crippen LogP contribution in [-0.4, -0.2) is 41.8 Å². The van der Waals surface area contributed by atoms with Crippen molar-refractivity contribution < 1.29 is 5.11 Å². The summed E-state index contributed by atoms with van der Waals surface area (Å²) in [7, 11) is 2.06. The molecular formula is C14H26N4O. The Morgan fingerprint density at radius 1 is 1.26 bits per heavy atom. The maximum atomic E-state index is 8.78. The maximum absolute atomic E-state index is 8.78. The highest BCUT2D eigenvalue weighted by Crippen LogP contribution is 2.15. The summed E-state index contributed by atoms with van der Waals surface area (Å²) in [5, 5.41) is 12.0. The van der Waals surface area contributed by atoms with Crippen molar-refractivity contribution in [1.29, 1.82) is 0 Å². The first kappa shape index (κ1) is 15.7. The van der Waals surface area contributed by atoms with E-state index in [1.807, 2.05) is 13.0 Å². The van der Waals surface area contributed by atoms with Gasteiger partial charge in [-0.05, 0) is 19.8 Å². The molecule has 0 atom stereocenters. The zero-order chi connectivity index (χ0) is 14.1. The van der Waals surface area contributed by atoms with Crippen molar-refractivity contribution in [2.75, 3.05) is 37.0 Å². The van der Waals surface area contributed by atoms with Crippen LogP contribution in [0.25, 0.3) is 0 Å². The Morgan fingerprint density at radius 3 is 2.74 bits per heavy atom. The number of unbranched alkanes of at least 4 members (excludes halogenated alkanes) is 2. The lowest BCUT2D eigenvalue weighted by Gasteiger charge is -2.19. The Hall–Kier alpha value is -1.36. The molecule has 1 aromatic rings. The van der Waals surface area contributed by atoms with Gasteiger partial charge >= 0.3 is 0 Å². The molecule has 0 fully saturated rings. The van der Waals surface area contributed by atoms with Crippen molar-refractivity contribution in [3.8, 4) is 0 Å². The monoisotopic (exact) mass is 266 g/mol. The van der Waals surface area contributed by atoms with Crippen molar-refractivity contribution in [2.24, 2.45) is 0 Å². The minimum atomic E-state index is 0.195. The minimum absolute atomic E-state index is 0.195. The number of hydrogen-bond acceptors (Lipinski definition) is 5. The van der Waals surface area contributed by atoms with Crippen molar-refractivity contribution in [1.82, 2.24) is 9.97 Å². The van der Waals surface area contributed by atoms with E-state index in [2.05, 4.69) is 34.2 Å². The highest BCUT2D eigenvalue weighted by atomic mass is 16.3. The second kappa shape index (κ2) is 8.69. The van der Waals surface area contributed by atoms with Crippen LogP contribution >= 0.6 is 0 Å². The first-order valence-electron chi connectivity index (χ1n) is 7.09. The fourth-order valence-electron chi connectivity index (χ4n) is 1.85. The Bertz CT molecular complexity index is 370. The number of nitrogens with one attached hydrogen (secondary N) is 1. The van der Waals surface area contributed by atoms with E-state index in [1.54, 1.807) is 0 Å². The van der Waals surface area contributed by atoms with Gasteiger partial charge in [0.15, 0.2) is 0 Å². The molecule has 2 N–H and O–H groups in total. The number of aliphatic hydroxyl groups is 1. The number of aromatic nitrogens is 2. The SMILES string of the molecule is CCCCCN(C)c1cc(NCCCO)nc(C)n1. The zero-order valence-electron chi connectivity index (χ0n) is 12.3. The van der Waals surface area contributed by atoms with E-state index >= 15 is 0 Å². The number of aliphatic hydroxyl groups excluding tert-OH is 1. The molecule has 5 heteroatoms. The molecule has 0 aliphatic carbocycles. The lowest BCUT2D eigenvalue weighted by molar-refractivity contribution is 0.292. The van der Waals surface area contributed by atoms with Gasteiger partial charge in [0.05, 0.1) is 0 Å². The molecule has 0 radical (unpaired) electrons. The van der Waals surface area contributed by atoms with E-state index in [1.165, 1.54) is 19.3 Å². The zero-order valence-corrected chi connectivity index (χ0v) is 12.3. The van der Waals surface area contributed by atoms with Crippen LogP contribution in [0.3, 0.4) is 0 Å². The topological polar surface area (TPSA) is 61.3 Å². The number of anilines is 2. The van der Waals surface area contributed by atoms with Gasteiger partial charge in [-0.15, -0.1) is 0 Å². The molecule has 0 saturated heterocycles. The van der Waals surface area contributed by atoms with Gasteiger partial charge in [0.25, 0.3) is 0 Å². The van der Waals surface area contributed by atoms with Gasteiger partial charge in [-0.3, -0.25) is 0 Å². The molecule has 19 heavy (non-hydrogen) atoms. The second-order valence-electron chi connectivity index (χ2n) is 4.79. The van der Waals surface area contributed by atoms with E-state index in [0.717, 1.165) is 37.0 Å². The Balaban J connectivity index is 2.61. The smallest absolute Gasteiger partial charge is 0.134 e. The largest absolute Gasteiger partial charge is 0.396 e. The lowest BCUT2D eigenvalue weighted by atomic mass is 10.2. The molecule has 0 amide bonds. The van der Waals surface area contributed by atoms with Gasteiger partial charge in [0.2, 0.25) is 0 Å². The molecule has 0 unspecified atom stereocenters. The molecule has 5 nitrogen and oxygen atoms in total. The first-order chi connectivity index (χ1) is 9.17. The Morgan fingerprint density at radius 2 is 2.05 bits per heavy atom. The van der Waals surface area contributed by atoms with E-state index in [0.29, 0.717) is 0 Å². The van der Waals surface area contributed by atoms with Gasteiger partial charge in [-0.2, -0.15) is 0 Å². The van der Waals surface area contributed by atoms with Crippen LogP contribution < -0.4 is 10.2 Å². The number of aryl methyl sites for hydroxylation is 1. The molecule has 1 rings (SSSR count). The van der Waals surface area contributed by atoms with E-state index in [9.17, 15) is 0 Å². The van der Waals surface area contributed by atoms with Crippen LogP contribution in [0.2, 0.25) is 0 Å². The summed E-state index contributed by atoms with van der Waals surface area (Å²) in [5.74, 6) is 2.56. The third-order valence-electron chi connectivity index (χ3n) is 2.95. The van der Waals surface area contributed by atoms with Crippen molar-refractivity contribution in [3.05, 3.63) is 11.9 Å². The van der Waals surface area contributed by atoms with Gasteiger partial charge in [-0.25, -0.2) is 9.97 Å². The van der Waals surface area contributed by atoms with Crippen LogP contribution in [0.5, 0.6) is 0 Å². The summed E-state index contributed by atoms with van der Waals surface area (Å²) < 4.78 is 0. The minimum Gasteiger partial charge on any atom is -0.396 e. The lowest BCUT2D eigenvalue weighted by Crippen LogP contribution is -2.20. The molecule has 1 heterocycles. The predicted octanol–water partition coefficient (Wildman–Crippen LogP) is 2.21. The van der Waals surface area contributed by atoms with Gasteiger partial charge in [0, 0.05) is 32.8 Å². The average molecular weight is 266 g/mol. The molecule has 1 aromatic heterocycles. The van der Waals surface area contributed by atoms with E-state index in [-0.39, 0.29) is 6.61 Å². The third-order valence-corrected chi connectivity index (χ3v) is 2.95. The van der Waals surface area contributed by atoms with Crippen molar-refractivity contribution in [2.45, 2.75) is 39.5 Å². The Kier molecular flexibility index (Phi) is 7.18. The summed E-state index contributed by atoms with van der Waals surface area (Å²) in [4.78, 5) is 11.0. The van der Waals surface area contributed by atoms with Crippen molar-refractivity contribution in [3.63, 3.8) is 0 Å². The molecule has 0 spiro atoms. The number of nitrogens with zero attached hydrogens (tertiary/aromatic N) is 3. The number of hydrogen-bond donors (Lipinski definition) is 2. The normalized spacial score (nSPS) is 10.5. The fraction of sp³-hybridized carbons (Fsp3) is 0.714. The van der Waals surface area contributed by atoms with Gasteiger partial charge < -0.3 is 15.3 Å². The molecule has 0 saturated carbocycles. The Labute approximate surface area is 116 Å². The highest BCUT2D eigenvalue weighted by molar-refractivity contribution is 5.48. The highest BCUT2D eigenvalue weighted by Gasteiger charge is 2.06. The molecule has 0 aromatic carbocycles. The van der Waals surface area contributed by atoms with Crippen LogP contribution in [0.4, 0.5) is 11.6 Å². The van der Waals surface area contributed by atoms with Gasteiger partial charge in [0.1, 0.15) is 17.5 Å².